The second kappa shape index (κ2) is 6.58. The number of hydrogen-bond acceptors (Lipinski definition) is 2. The summed E-state index contributed by atoms with van der Waals surface area (Å²) in [5.41, 5.74) is 2.59. The molecule has 1 heterocycles. The Kier molecular flexibility index (Phi) is 4.75. The summed E-state index contributed by atoms with van der Waals surface area (Å²) in [6.45, 7) is 6.54. The summed E-state index contributed by atoms with van der Waals surface area (Å²) < 4.78 is 5.85. The van der Waals surface area contributed by atoms with Gasteiger partial charge in [-0.25, -0.2) is 0 Å². The molecule has 0 radical (unpaired) electrons. The zero-order valence-electron chi connectivity index (χ0n) is 13.1. The van der Waals surface area contributed by atoms with Gasteiger partial charge in [-0.1, -0.05) is 25.4 Å². The molecule has 3 heteroatoms. The van der Waals surface area contributed by atoms with Gasteiger partial charge in [0.15, 0.2) is 0 Å². The number of ether oxygens (including phenoxy) is 1. The lowest BCUT2D eigenvalue weighted by molar-refractivity contribution is 0.343. The number of nitrogens with one attached hydrogen (secondary N) is 1. The molecule has 1 aliphatic carbocycles. The summed E-state index contributed by atoms with van der Waals surface area (Å²) in [6.07, 6.45) is 6.02. The van der Waals surface area contributed by atoms with Gasteiger partial charge in [-0.15, -0.1) is 0 Å². The minimum absolute atomic E-state index is 0.664. The van der Waals surface area contributed by atoms with E-state index in [1.165, 1.54) is 30.4 Å². The zero-order valence-corrected chi connectivity index (χ0v) is 13.9. The Labute approximate surface area is 133 Å². The van der Waals surface area contributed by atoms with Crippen LogP contribution in [0.2, 0.25) is 5.02 Å². The third-order valence-corrected chi connectivity index (χ3v) is 4.63. The maximum atomic E-state index is 6.28. The van der Waals surface area contributed by atoms with Gasteiger partial charge in [-0.2, -0.15) is 0 Å². The van der Waals surface area contributed by atoms with Gasteiger partial charge in [0, 0.05) is 17.5 Å². The molecule has 0 amide bonds. The van der Waals surface area contributed by atoms with E-state index in [1.807, 2.05) is 0 Å². The Morgan fingerprint density at radius 3 is 2.86 bits per heavy atom. The number of rotatable bonds is 7. The quantitative estimate of drug-likeness (QED) is 0.814. The van der Waals surface area contributed by atoms with E-state index in [-0.39, 0.29) is 0 Å². The van der Waals surface area contributed by atoms with Crippen molar-refractivity contribution in [3.05, 3.63) is 28.3 Å². The fourth-order valence-corrected chi connectivity index (χ4v) is 3.60. The van der Waals surface area contributed by atoms with Crippen LogP contribution in [0.3, 0.4) is 0 Å². The van der Waals surface area contributed by atoms with E-state index in [2.05, 4.69) is 31.3 Å². The normalized spacial score (nSPS) is 18.7. The van der Waals surface area contributed by atoms with Gasteiger partial charge < -0.3 is 10.1 Å². The molecule has 1 N–H and O–H groups in total. The largest absolute Gasteiger partial charge is 0.493 e. The molecule has 0 bridgehead atoms. The Hall–Kier alpha value is -0.730. The molecule has 1 fully saturated rings. The van der Waals surface area contributed by atoms with Crippen LogP contribution in [0.25, 0.3) is 0 Å². The van der Waals surface area contributed by atoms with E-state index in [4.69, 9.17) is 16.3 Å². The first-order chi connectivity index (χ1) is 10.1. The van der Waals surface area contributed by atoms with Crippen molar-refractivity contribution in [2.75, 3.05) is 13.2 Å². The minimum Gasteiger partial charge on any atom is -0.493 e. The van der Waals surface area contributed by atoms with Gasteiger partial charge >= 0.3 is 0 Å². The second-order valence-corrected chi connectivity index (χ2v) is 7.47. The molecule has 1 aromatic rings. The summed E-state index contributed by atoms with van der Waals surface area (Å²) in [4.78, 5) is 0. The predicted octanol–water partition coefficient (Wildman–Crippen LogP) is 4.23. The topological polar surface area (TPSA) is 21.3 Å². The second-order valence-electron chi connectivity index (χ2n) is 7.03. The first-order valence-electron chi connectivity index (χ1n) is 8.29. The summed E-state index contributed by atoms with van der Waals surface area (Å²) >= 11 is 6.28. The average Bonchev–Trinajstić information content (AvgIpc) is 3.12. The highest BCUT2D eigenvalue weighted by Gasteiger charge is 2.24. The van der Waals surface area contributed by atoms with Crippen molar-refractivity contribution in [3.63, 3.8) is 0 Å². The highest BCUT2D eigenvalue weighted by Crippen LogP contribution is 2.35. The van der Waals surface area contributed by atoms with Crippen LogP contribution in [0.15, 0.2) is 12.1 Å². The molecule has 1 aliphatic heterocycles. The van der Waals surface area contributed by atoms with Gasteiger partial charge in [0.2, 0.25) is 0 Å². The predicted molar refractivity (Wildman–Crippen MR) is 88.3 cm³/mol. The maximum Gasteiger partial charge on any atom is 0.125 e. The molecule has 2 nitrogen and oxygen atoms in total. The molecule has 2 aliphatic rings. The highest BCUT2D eigenvalue weighted by atomic mass is 35.5. The monoisotopic (exact) mass is 307 g/mol. The molecule has 3 rings (SSSR count). The van der Waals surface area contributed by atoms with Crippen LogP contribution >= 0.6 is 11.6 Å². The van der Waals surface area contributed by atoms with Gasteiger partial charge in [0.05, 0.1) is 6.61 Å². The lowest BCUT2D eigenvalue weighted by atomic mass is 9.90. The van der Waals surface area contributed by atoms with E-state index >= 15 is 0 Å². The SMILES string of the molecule is CC(C)CC(CNC1CC1)Cc1cc(Cl)cc2c1OCC2. The first kappa shape index (κ1) is 15.2. The molecule has 0 saturated heterocycles. The Balaban J connectivity index is 1.71. The lowest BCUT2D eigenvalue weighted by Crippen LogP contribution is -2.27. The molecule has 0 spiro atoms. The number of halogens is 1. The molecular weight excluding hydrogens is 282 g/mol. The number of fused-ring (bicyclic) bond motifs is 1. The molecule has 1 atom stereocenters. The average molecular weight is 308 g/mol. The van der Waals surface area contributed by atoms with Crippen molar-refractivity contribution in [3.8, 4) is 5.75 Å². The Morgan fingerprint density at radius 1 is 1.33 bits per heavy atom. The van der Waals surface area contributed by atoms with Gasteiger partial charge in [-0.3, -0.25) is 0 Å². The summed E-state index contributed by atoms with van der Waals surface area (Å²) in [6, 6.07) is 4.95. The van der Waals surface area contributed by atoms with Crippen molar-refractivity contribution < 1.29 is 4.74 Å². The van der Waals surface area contributed by atoms with Crippen molar-refractivity contribution in [1.82, 2.24) is 5.32 Å². The molecule has 116 valence electrons. The summed E-state index contributed by atoms with van der Waals surface area (Å²) in [5.74, 6) is 2.50. The van der Waals surface area contributed by atoms with Gasteiger partial charge in [0.1, 0.15) is 5.75 Å². The molecule has 21 heavy (non-hydrogen) atoms. The fraction of sp³-hybridized carbons (Fsp3) is 0.667. The Bertz CT molecular complexity index is 496. The standard InChI is InChI=1S/C18H26ClNO/c1-12(2)7-13(11-20-17-3-4-17)8-15-10-16(19)9-14-5-6-21-18(14)15/h9-10,12-13,17,20H,3-8,11H2,1-2H3. The van der Waals surface area contributed by atoms with E-state index in [0.29, 0.717) is 5.92 Å². The third kappa shape index (κ3) is 4.14. The molecule has 1 aromatic carbocycles. The van der Waals surface area contributed by atoms with E-state index in [0.717, 1.165) is 48.7 Å². The fourth-order valence-electron chi connectivity index (χ4n) is 3.33. The molecular formula is C18H26ClNO. The van der Waals surface area contributed by atoms with Crippen LogP contribution < -0.4 is 10.1 Å². The van der Waals surface area contributed by atoms with Crippen LogP contribution in [0, 0.1) is 11.8 Å². The van der Waals surface area contributed by atoms with E-state index < -0.39 is 0 Å². The maximum absolute atomic E-state index is 6.28. The third-order valence-electron chi connectivity index (χ3n) is 4.41. The van der Waals surface area contributed by atoms with Crippen molar-refractivity contribution in [1.29, 1.82) is 0 Å². The molecule has 1 saturated carbocycles. The first-order valence-corrected chi connectivity index (χ1v) is 8.67. The van der Waals surface area contributed by atoms with Crippen molar-refractivity contribution in [2.24, 2.45) is 11.8 Å². The lowest BCUT2D eigenvalue weighted by Gasteiger charge is -2.21. The molecule has 0 aromatic heterocycles. The van der Waals surface area contributed by atoms with Gasteiger partial charge in [-0.05, 0) is 67.3 Å². The molecule has 1 unspecified atom stereocenters. The van der Waals surface area contributed by atoms with Crippen LogP contribution in [0.4, 0.5) is 0 Å². The zero-order chi connectivity index (χ0) is 14.8. The van der Waals surface area contributed by atoms with Crippen molar-refractivity contribution in [2.45, 2.75) is 52.0 Å². The summed E-state index contributed by atoms with van der Waals surface area (Å²) in [5, 5.41) is 4.55. The Morgan fingerprint density at radius 2 is 2.14 bits per heavy atom. The van der Waals surface area contributed by atoms with E-state index in [1.54, 1.807) is 0 Å². The van der Waals surface area contributed by atoms with E-state index in [9.17, 15) is 0 Å². The number of hydrogen-bond donors (Lipinski definition) is 1. The minimum atomic E-state index is 0.664. The highest BCUT2D eigenvalue weighted by molar-refractivity contribution is 6.30. The van der Waals surface area contributed by atoms with Crippen LogP contribution in [0.5, 0.6) is 5.75 Å². The van der Waals surface area contributed by atoms with Crippen LogP contribution in [-0.4, -0.2) is 19.2 Å². The summed E-state index contributed by atoms with van der Waals surface area (Å²) in [7, 11) is 0. The van der Waals surface area contributed by atoms with Crippen LogP contribution in [0.1, 0.15) is 44.2 Å². The smallest absolute Gasteiger partial charge is 0.125 e. The van der Waals surface area contributed by atoms with Gasteiger partial charge in [0.25, 0.3) is 0 Å². The van der Waals surface area contributed by atoms with Crippen molar-refractivity contribution >= 4 is 11.6 Å². The number of benzene rings is 1. The van der Waals surface area contributed by atoms with Crippen LogP contribution in [-0.2, 0) is 12.8 Å².